The van der Waals surface area contributed by atoms with E-state index >= 15 is 0 Å². The van der Waals surface area contributed by atoms with E-state index in [1.165, 1.54) is 14.2 Å². The van der Waals surface area contributed by atoms with Gasteiger partial charge in [-0.2, -0.15) is 11.8 Å². The molecule has 0 aromatic heterocycles. The SMILES string of the molecule is COc1ccc(NC(=O)CC2CSCCN2)c(OC)c1OC.Cl. The Morgan fingerprint density at radius 2 is 2.00 bits per heavy atom. The molecule has 0 aliphatic carbocycles. The third-order valence-corrected chi connectivity index (χ3v) is 4.54. The van der Waals surface area contributed by atoms with Crippen LogP contribution in [0.3, 0.4) is 0 Å². The summed E-state index contributed by atoms with van der Waals surface area (Å²) in [5, 5.41) is 6.23. The van der Waals surface area contributed by atoms with Gasteiger partial charge in [-0.3, -0.25) is 4.79 Å². The average molecular weight is 363 g/mol. The summed E-state index contributed by atoms with van der Waals surface area (Å²) in [6, 6.07) is 3.71. The van der Waals surface area contributed by atoms with Crippen LogP contribution < -0.4 is 24.8 Å². The van der Waals surface area contributed by atoms with E-state index in [9.17, 15) is 4.79 Å². The number of hydrogen-bond acceptors (Lipinski definition) is 6. The molecule has 0 radical (unpaired) electrons. The van der Waals surface area contributed by atoms with Crippen molar-refractivity contribution in [1.82, 2.24) is 5.32 Å². The molecule has 1 aliphatic rings. The minimum absolute atomic E-state index is 0. The van der Waals surface area contributed by atoms with Gasteiger partial charge >= 0.3 is 0 Å². The van der Waals surface area contributed by atoms with Crippen molar-refractivity contribution >= 4 is 35.8 Å². The predicted octanol–water partition coefficient (Wildman–Crippen LogP) is 2.17. The number of carbonyl (C=O) groups is 1. The van der Waals surface area contributed by atoms with Crippen LogP contribution in [0.25, 0.3) is 0 Å². The first-order chi connectivity index (χ1) is 10.7. The van der Waals surface area contributed by atoms with Crippen molar-refractivity contribution in [3.05, 3.63) is 12.1 Å². The Labute approximate surface area is 147 Å². The Morgan fingerprint density at radius 1 is 1.26 bits per heavy atom. The summed E-state index contributed by atoms with van der Waals surface area (Å²) in [4.78, 5) is 12.2. The number of methoxy groups -OCH3 is 3. The van der Waals surface area contributed by atoms with E-state index in [2.05, 4.69) is 10.6 Å². The number of carbonyl (C=O) groups excluding carboxylic acids is 1. The molecule has 2 N–H and O–H groups in total. The van der Waals surface area contributed by atoms with Crippen molar-refractivity contribution in [1.29, 1.82) is 0 Å². The van der Waals surface area contributed by atoms with Crippen molar-refractivity contribution in [3.8, 4) is 17.2 Å². The highest BCUT2D eigenvalue weighted by Gasteiger charge is 2.20. The summed E-state index contributed by atoms with van der Waals surface area (Å²) < 4.78 is 15.9. The summed E-state index contributed by atoms with van der Waals surface area (Å²) in [6.45, 7) is 0.947. The van der Waals surface area contributed by atoms with Crippen LogP contribution in [-0.4, -0.2) is 51.3 Å². The Bertz CT molecular complexity index is 524. The molecule has 23 heavy (non-hydrogen) atoms. The minimum Gasteiger partial charge on any atom is -0.493 e. The maximum absolute atomic E-state index is 12.2. The number of rotatable bonds is 6. The molecule has 0 bridgehead atoms. The summed E-state index contributed by atoms with van der Waals surface area (Å²) in [5.41, 5.74) is 0.577. The maximum Gasteiger partial charge on any atom is 0.226 e. The second-order valence-corrected chi connectivity index (χ2v) is 6.01. The van der Waals surface area contributed by atoms with Gasteiger partial charge in [0.15, 0.2) is 11.5 Å². The quantitative estimate of drug-likeness (QED) is 0.808. The van der Waals surface area contributed by atoms with E-state index in [-0.39, 0.29) is 24.4 Å². The highest BCUT2D eigenvalue weighted by atomic mass is 35.5. The van der Waals surface area contributed by atoms with E-state index in [0.717, 1.165) is 18.1 Å². The summed E-state index contributed by atoms with van der Waals surface area (Å²) >= 11 is 1.87. The Kier molecular flexibility index (Phi) is 8.36. The van der Waals surface area contributed by atoms with Crippen LogP contribution in [0, 0.1) is 0 Å². The normalized spacial score (nSPS) is 16.9. The Morgan fingerprint density at radius 3 is 2.57 bits per heavy atom. The average Bonchev–Trinajstić information content (AvgIpc) is 2.55. The number of ether oxygens (including phenoxy) is 3. The minimum atomic E-state index is -0.0504. The fourth-order valence-electron chi connectivity index (χ4n) is 2.38. The van der Waals surface area contributed by atoms with Crippen molar-refractivity contribution in [2.24, 2.45) is 0 Å². The van der Waals surface area contributed by atoms with E-state index in [4.69, 9.17) is 14.2 Å². The van der Waals surface area contributed by atoms with Crippen LogP contribution in [0.2, 0.25) is 0 Å². The number of anilines is 1. The van der Waals surface area contributed by atoms with Crippen LogP contribution >= 0.6 is 24.2 Å². The third kappa shape index (κ3) is 5.09. The monoisotopic (exact) mass is 362 g/mol. The lowest BCUT2D eigenvalue weighted by Gasteiger charge is -2.23. The fourth-order valence-corrected chi connectivity index (χ4v) is 3.32. The zero-order chi connectivity index (χ0) is 15.9. The zero-order valence-electron chi connectivity index (χ0n) is 13.5. The predicted molar refractivity (Wildman–Crippen MR) is 95.7 cm³/mol. The molecule has 1 unspecified atom stereocenters. The molecule has 6 nitrogen and oxygen atoms in total. The van der Waals surface area contributed by atoms with Gasteiger partial charge in [0.25, 0.3) is 0 Å². The highest BCUT2D eigenvalue weighted by molar-refractivity contribution is 7.99. The lowest BCUT2D eigenvalue weighted by molar-refractivity contribution is -0.116. The molecule has 0 spiro atoms. The lowest BCUT2D eigenvalue weighted by Crippen LogP contribution is -2.39. The first kappa shape index (κ1) is 19.7. The van der Waals surface area contributed by atoms with Gasteiger partial charge in [-0.15, -0.1) is 12.4 Å². The molecule has 1 saturated heterocycles. The van der Waals surface area contributed by atoms with E-state index in [1.807, 2.05) is 11.8 Å². The van der Waals surface area contributed by atoms with Crippen LogP contribution in [0.4, 0.5) is 5.69 Å². The number of thioether (sulfide) groups is 1. The Hall–Kier alpha value is -1.31. The molecule has 8 heteroatoms. The molecule has 1 heterocycles. The Balaban J connectivity index is 0.00000264. The van der Waals surface area contributed by atoms with Gasteiger partial charge < -0.3 is 24.8 Å². The molecule has 0 saturated carbocycles. The van der Waals surface area contributed by atoms with Crippen molar-refractivity contribution in [2.75, 3.05) is 44.7 Å². The van der Waals surface area contributed by atoms with Gasteiger partial charge in [0.05, 0.1) is 27.0 Å². The molecular formula is C15H23ClN2O4S. The molecule has 1 fully saturated rings. The largest absolute Gasteiger partial charge is 0.493 e. The maximum atomic E-state index is 12.2. The molecule has 1 aromatic rings. The number of hydrogen-bond donors (Lipinski definition) is 2. The first-order valence-electron chi connectivity index (χ1n) is 7.09. The molecule has 1 aromatic carbocycles. The van der Waals surface area contributed by atoms with Crippen molar-refractivity contribution in [3.63, 3.8) is 0 Å². The number of amides is 1. The lowest BCUT2D eigenvalue weighted by atomic mass is 10.2. The van der Waals surface area contributed by atoms with Gasteiger partial charge in [0.1, 0.15) is 0 Å². The smallest absolute Gasteiger partial charge is 0.226 e. The summed E-state index contributed by atoms with van der Waals surface area (Å²) in [5.74, 6) is 3.49. The summed E-state index contributed by atoms with van der Waals surface area (Å²) in [7, 11) is 4.63. The van der Waals surface area contributed by atoms with Gasteiger partial charge in [-0.1, -0.05) is 0 Å². The number of nitrogens with one attached hydrogen (secondary N) is 2. The van der Waals surface area contributed by atoms with Crippen molar-refractivity contribution in [2.45, 2.75) is 12.5 Å². The second-order valence-electron chi connectivity index (χ2n) is 4.86. The third-order valence-electron chi connectivity index (χ3n) is 3.41. The summed E-state index contributed by atoms with van der Waals surface area (Å²) in [6.07, 6.45) is 0.435. The fraction of sp³-hybridized carbons (Fsp3) is 0.533. The zero-order valence-corrected chi connectivity index (χ0v) is 15.1. The molecular weight excluding hydrogens is 340 g/mol. The van der Waals surface area contributed by atoms with E-state index < -0.39 is 0 Å². The van der Waals surface area contributed by atoms with Crippen LogP contribution in [0.1, 0.15) is 6.42 Å². The number of benzene rings is 1. The topological polar surface area (TPSA) is 68.8 Å². The standard InChI is InChI=1S/C15H22N2O4S.ClH/c1-19-12-5-4-11(14(20-2)15(12)21-3)17-13(18)8-10-9-22-7-6-16-10;/h4-5,10,16H,6-9H2,1-3H3,(H,17,18);1H. The molecule has 1 amide bonds. The van der Waals surface area contributed by atoms with Crippen LogP contribution in [0.5, 0.6) is 17.2 Å². The molecule has 2 rings (SSSR count). The molecule has 1 atom stereocenters. The highest BCUT2D eigenvalue weighted by Crippen LogP contribution is 2.42. The van der Waals surface area contributed by atoms with E-state index in [0.29, 0.717) is 29.4 Å². The van der Waals surface area contributed by atoms with Gasteiger partial charge in [0.2, 0.25) is 11.7 Å². The van der Waals surface area contributed by atoms with Crippen LogP contribution in [-0.2, 0) is 4.79 Å². The van der Waals surface area contributed by atoms with Gasteiger partial charge in [-0.05, 0) is 12.1 Å². The molecule has 130 valence electrons. The number of halogens is 1. The first-order valence-corrected chi connectivity index (χ1v) is 8.25. The second kappa shape index (κ2) is 9.75. The van der Waals surface area contributed by atoms with Gasteiger partial charge in [-0.25, -0.2) is 0 Å². The van der Waals surface area contributed by atoms with Crippen molar-refractivity contribution < 1.29 is 19.0 Å². The van der Waals surface area contributed by atoms with Gasteiger partial charge in [0, 0.05) is 30.5 Å². The molecule has 1 aliphatic heterocycles. The van der Waals surface area contributed by atoms with Crippen LogP contribution in [0.15, 0.2) is 12.1 Å². The van der Waals surface area contributed by atoms with E-state index in [1.54, 1.807) is 19.2 Å².